The normalized spacial score (nSPS) is 20.3. The minimum absolute atomic E-state index is 0.142. The molecule has 0 spiro atoms. The van der Waals surface area contributed by atoms with Gasteiger partial charge in [-0.1, -0.05) is 0 Å². The van der Waals surface area contributed by atoms with Crippen LogP contribution in [0.5, 0.6) is 11.5 Å². The highest BCUT2D eigenvalue weighted by Gasteiger charge is 2.24. The largest absolute Gasteiger partial charge is 0.497 e. The Bertz CT molecular complexity index is 514. The molecule has 1 aliphatic heterocycles. The Morgan fingerprint density at radius 2 is 2.24 bits per heavy atom. The maximum Gasteiger partial charge on any atom is 0.221 e. The number of nitrogens with one attached hydrogen (secondary N) is 2. The second-order valence-electron chi connectivity index (χ2n) is 5.64. The molecule has 1 aliphatic carbocycles. The summed E-state index contributed by atoms with van der Waals surface area (Å²) in [4.78, 5) is 11.7. The van der Waals surface area contributed by atoms with Gasteiger partial charge in [0, 0.05) is 37.0 Å². The Hall–Kier alpha value is -1.75. The fraction of sp³-hybridized carbons (Fsp3) is 0.562. The third kappa shape index (κ3) is 3.67. The van der Waals surface area contributed by atoms with Gasteiger partial charge in [-0.2, -0.15) is 0 Å². The van der Waals surface area contributed by atoms with Gasteiger partial charge in [0.2, 0.25) is 5.91 Å². The lowest BCUT2D eigenvalue weighted by molar-refractivity contribution is -0.121. The summed E-state index contributed by atoms with van der Waals surface area (Å²) < 4.78 is 10.9. The summed E-state index contributed by atoms with van der Waals surface area (Å²) >= 11 is 0. The molecule has 3 rings (SSSR count). The van der Waals surface area contributed by atoms with Crippen LogP contribution in [0.15, 0.2) is 18.2 Å². The molecule has 2 N–H and O–H groups in total. The number of benzene rings is 1. The molecule has 1 fully saturated rings. The van der Waals surface area contributed by atoms with Gasteiger partial charge in [0.05, 0.1) is 13.7 Å². The van der Waals surface area contributed by atoms with Gasteiger partial charge in [-0.3, -0.25) is 4.79 Å². The number of hydrogen-bond acceptors (Lipinski definition) is 4. The lowest BCUT2D eigenvalue weighted by Crippen LogP contribution is -2.32. The molecule has 1 unspecified atom stereocenters. The quantitative estimate of drug-likeness (QED) is 0.838. The number of methoxy groups -OCH3 is 1. The van der Waals surface area contributed by atoms with Crippen molar-refractivity contribution in [3.8, 4) is 11.5 Å². The Kier molecular flexibility index (Phi) is 4.29. The number of rotatable bonds is 6. The molecule has 0 aromatic heterocycles. The fourth-order valence-corrected chi connectivity index (χ4v) is 2.60. The van der Waals surface area contributed by atoms with E-state index in [0.29, 0.717) is 25.6 Å². The molecule has 21 heavy (non-hydrogen) atoms. The van der Waals surface area contributed by atoms with Crippen molar-refractivity contribution in [1.82, 2.24) is 10.6 Å². The molecule has 5 nitrogen and oxygen atoms in total. The summed E-state index contributed by atoms with van der Waals surface area (Å²) in [6, 6.07) is 6.52. The Morgan fingerprint density at radius 1 is 1.38 bits per heavy atom. The van der Waals surface area contributed by atoms with Crippen molar-refractivity contribution < 1.29 is 14.3 Å². The van der Waals surface area contributed by atoms with E-state index in [4.69, 9.17) is 9.47 Å². The van der Waals surface area contributed by atoms with Crippen LogP contribution in [0.3, 0.4) is 0 Å². The molecule has 1 amide bonds. The third-order valence-corrected chi connectivity index (χ3v) is 3.94. The zero-order valence-electron chi connectivity index (χ0n) is 12.4. The molecule has 1 saturated carbocycles. The molecule has 1 heterocycles. The van der Waals surface area contributed by atoms with Crippen molar-refractivity contribution in [2.24, 2.45) is 0 Å². The van der Waals surface area contributed by atoms with Crippen LogP contribution in [0.2, 0.25) is 0 Å². The first kappa shape index (κ1) is 14.2. The van der Waals surface area contributed by atoms with E-state index < -0.39 is 0 Å². The predicted molar refractivity (Wildman–Crippen MR) is 79.6 cm³/mol. The van der Waals surface area contributed by atoms with Gasteiger partial charge in [0.1, 0.15) is 11.5 Å². The maximum absolute atomic E-state index is 11.7. The van der Waals surface area contributed by atoms with Crippen molar-refractivity contribution in [3.05, 3.63) is 23.8 Å². The van der Waals surface area contributed by atoms with Gasteiger partial charge in [-0.15, -0.1) is 0 Å². The molecular weight excluding hydrogens is 268 g/mol. The van der Waals surface area contributed by atoms with Crippen LogP contribution >= 0.6 is 0 Å². The lowest BCUT2D eigenvalue weighted by Gasteiger charge is -2.27. The fourth-order valence-electron chi connectivity index (χ4n) is 2.60. The third-order valence-electron chi connectivity index (χ3n) is 3.94. The van der Waals surface area contributed by atoms with Crippen molar-refractivity contribution in [1.29, 1.82) is 0 Å². The summed E-state index contributed by atoms with van der Waals surface area (Å²) in [5.41, 5.74) is 1.11. The van der Waals surface area contributed by atoms with Crippen LogP contribution < -0.4 is 20.1 Å². The van der Waals surface area contributed by atoms with Crippen LogP contribution in [-0.2, 0) is 4.79 Å². The summed E-state index contributed by atoms with van der Waals surface area (Å²) in [6.45, 7) is 1.38. The minimum atomic E-state index is 0.142. The van der Waals surface area contributed by atoms with Crippen molar-refractivity contribution in [3.63, 3.8) is 0 Å². The van der Waals surface area contributed by atoms with E-state index in [2.05, 4.69) is 10.6 Å². The minimum Gasteiger partial charge on any atom is -0.497 e. The van der Waals surface area contributed by atoms with E-state index in [9.17, 15) is 4.79 Å². The second kappa shape index (κ2) is 6.35. The Balaban J connectivity index is 1.55. The number of carbonyl (C=O) groups is 1. The average molecular weight is 290 g/mol. The molecular formula is C16H22N2O3. The first-order valence-corrected chi connectivity index (χ1v) is 7.60. The molecule has 1 aromatic carbocycles. The molecule has 0 saturated heterocycles. The van der Waals surface area contributed by atoms with Crippen LogP contribution in [0.25, 0.3) is 0 Å². The van der Waals surface area contributed by atoms with E-state index >= 15 is 0 Å². The van der Waals surface area contributed by atoms with Gasteiger partial charge in [-0.05, 0) is 31.0 Å². The second-order valence-corrected chi connectivity index (χ2v) is 5.64. The maximum atomic E-state index is 11.7. The Labute approximate surface area is 125 Å². The zero-order valence-corrected chi connectivity index (χ0v) is 12.4. The van der Waals surface area contributed by atoms with E-state index in [1.54, 1.807) is 7.11 Å². The van der Waals surface area contributed by atoms with E-state index in [0.717, 1.165) is 36.3 Å². The molecule has 5 heteroatoms. The summed E-state index contributed by atoms with van der Waals surface area (Å²) in [5, 5.41) is 6.46. The topological polar surface area (TPSA) is 59.6 Å². The van der Waals surface area contributed by atoms with Crippen molar-refractivity contribution in [2.75, 3.05) is 20.3 Å². The van der Waals surface area contributed by atoms with E-state index in [-0.39, 0.29) is 11.9 Å². The van der Waals surface area contributed by atoms with E-state index in [1.165, 1.54) is 0 Å². The molecule has 1 atom stereocenters. The summed E-state index contributed by atoms with van der Waals surface area (Å²) in [6.07, 6.45) is 3.69. The first-order valence-electron chi connectivity index (χ1n) is 7.60. The highest BCUT2D eigenvalue weighted by Crippen LogP contribution is 2.34. The number of hydrogen-bond donors (Lipinski definition) is 2. The zero-order chi connectivity index (χ0) is 14.7. The van der Waals surface area contributed by atoms with Gasteiger partial charge in [0.25, 0.3) is 0 Å². The van der Waals surface area contributed by atoms with Gasteiger partial charge >= 0.3 is 0 Å². The number of fused-ring (bicyclic) bond motifs is 1. The summed E-state index contributed by atoms with van der Waals surface area (Å²) in [7, 11) is 1.66. The highest BCUT2D eigenvalue weighted by molar-refractivity contribution is 5.76. The molecule has 114 valence electrons. The monoisotopic (exact) mass is 290 g/mol. The average Bonchev–Trinajstić information content (AvgIpc) is 3.31. The van der Waals surface area contributed by atoms with Crippen molar-refractivity contribution >= 4 is 5.91 Å². The predicted octanol–water partition coefficient (Wildman–Crippen LogP) is 1.78. The van der Waals surface area contributed by atoms with E-state index in [1.807, 2.05) is 18.2 Å². The van der Waals surface area contributed by atoms with Gasteiger partial charge < -0.3 is 20.1 Å². The molecule has 0 radical (unpaired) electrons. The molecule has 1 aromatic rings. The number of carbonyl (C=O) groups excluding carboxylic acids is 1. The van der Waals surface area contributed by atoms with Crippen molar-refractivity contribution in [2.45, 2.75) is 37.8 Å². The molecule has 2 aliphatic rings. The van der Waals surface area contributed by atoms with Crippen LogP contribution in [0.1, 0.15) is 37.3 Å². The first-order chi connectivity index (χ1) is 10.3. The highest BCUT2D eigenvalue weighted by atomic mass is 16.5. The SMILES string of the molecule is COc1ccc2c(c1)C(NCCC(=O)NC1CC1)CCO2. The molecule has 0 bridgehead atoms. The van der Waals surface area contributed by atoms with Crippen LogP contribution in [0.4, 0.5) is 0 Å². The van der Waals surface area contributed by atoms with Crippen LogP contribution in [0, 0.1) is 0 Å². The standard InChI is InChI=1S/C16H22N2O3/c1-20-12-4-5-15-13(10-12)14(7-9-21-15)17-8-6-16(19)18-11-2-3-11/h4-5,10-11,14,17H,2-3,6-9H2,1H3,(H,18,19). The van der Waals surface area contributed by atoms with Gasteiger partial charge in [0.15, 0.2) is 0 Å². The Morgan fingerprint density at radius 3 is 3.00 bits per heavy atom. The number of ether oxygens (including phenoxy) is 2. The smallest absolute Gasteiger partial charge is 0.221 e. The lowest BCUT2D eigenvalue weighted by atomic mass is 10.00. The van der Waals surface area contributed by atoms with Crippen LogP contribution in [-0.4, -0.2) is 32.2 Å². The summed E-state index contributed by atoms with van der Waals surface area (Å²) in [5.74, 6) is 1.88. The van der Waals surface area contributed by atoms with Gasteiger partial charge in [-0.25, -0.2) is 0 Å². The number of amides is 1.